The van der Waals surface area contributed by atoms with Gasteiger partial charge in [0.25, 0.3) is 0 Å². The molecule has 0 rings (SSSR count). The molecule has 0 spiro atoms. The van der Waals surface area contributed by atoms with Crippen LogP contribution in [0.25, 0.3) is 0 Å². The number of rotatable bonds is 8. The topological polar surface area (TPSA) is 107 Å². The van der Waals surface area contributed by atoms with Gasteiger partial charge < -0.3 is 4.74 Å². The summed E-state index contributed by atoms with van der Waals surface area (Å²) in [6.45, 7) is 1.47. The molecule has 108 valence electrons. The molecule has 0 heterocycles. The first-order valence-corrected chi connectivity index (χ1v) is 9.01. The number of methoxy groups -OCH3 is 1. The Morgan fingerprint density at radius 2 is 1.83 bits per heavy atom. The highest BCUT2D eigenvalue weighted by Gasteiger charge is 2.18. The van der Waals surface area contributed by atoms with Gasteiger partial charge in [0.05, 0.1) is 18.6 Å². The molecular weight excluding hydrogens is 282 g/mol. The lowest BCUT2D eigenvalue weighted by Crippen LogP contribution is -2.38. The van der Waals surface area contributed by atoms with Crippen molar-refractivity contribution in [2.75, 3.05) is 24.9 Å². The first kappa shape index (κ1) is 17.3. The van der Waals surface area contributed by atoms with Gasteiger partial charge in [-0.05, 0) is 13.3 Å². The number of carbonyl (C=O) groups is 1. The van der Waals surface area contributed by atoms with E-state index in [4.69, 9.17) is 0 Å². The van der Waals surface area contributed by atoms with Crippen molar-refractivity contribution in [2.24, 2.45) is 0 Å². The van der Waals surface area contributed by atoms with Crippen LogP contribution in [0.1, 0.15) is 19.8 Å². The lowest BCUT2D eigenvalue weighted by Gasteiger charge is -2.12. The molecule has 0 aromatic carbocycles. The molecule has 0 aromatic heterocycles. The molecule has 0 amide bonds. The SMILES string of the molecule is COC(=O)CCCS(=O)(=O)NC(C)CS(C)(=O)=O. The molecule has 1 atom stereocenters. The second-order valence-corrected chi connectivity index (χ2v) is 8.17. The molecule has 1 unspecified atom stereocenters. The predicted molar refractivity (Wildman–Crippen MR) is 67.3 cm³/mol. The highest BCUT2D eigenvalue weighted by molar-refractivity contribution is 7.91. The number of sulfonamides is 1. The standard InChI is InChI=1S/C9H19NO6S2/c1-8(7-17(3,12)13)10-18(14,15)6-4-5-9(11)16-2/h8,10H,4-7H2,1-3H3. The Hall–Kier alpha value is -0.670. The van der Waals surface area contributed by atoms with Gasteiger partial charge in [-0.2, -0.15) is 0 Å². The fraction of sp³-hybridized carbons (Fsp3) is 0.889. The van der Waals surface area contributed by atoms with Gasteiger partial charge in [0.1, 0.15) is 9.84 Å². The minimum atomic E-state index is -3.58. The first-order chi connectivity index (χ1) is 8.06. The predicted octanol–water partition coefficient (Wildman–Crippen LogP) is -0.708. The van der Waals surface area contributed by atoms with Crippen LogP contribution in [0, 0.1) is 0 Å². The molecule has 0 aromatic rings. The largest absolute Gasteiger partial charge is 0.469 e. The van der Waals surface area contributed by atoms with Crippen LogP contribution >= 0.6 is 0 Å². The van der Waals surface area contributed by atoms with E-state index in [1.807, 2.05) is 0 Å². The number of hydrogen-bond donors (Lipinski definition) is 1. The van der Waals surface area contributed by atoms with Gasteiger partial charge >= 0.3 is 5.97 Å². The van der Waals surface area contributed by atoms with Gasteiger partial charge in [-0.1, -0.05) is 0 Å². The zero-order valence-electron chi connectivity index (χ0n) is 10.7. The Morgan fingerprint density at radius 3 is 2.28 bits per heavy atom. The summed E-state index contributed by atoms with van der Waals surface area (Å²) >= 11 is 0. The average Bonchev–Trinajstić information content (AvgIpc) is 2.12. The van der Waals surface area contributed by atoms with Gasteiger partial charge in [-0.15, -0.1) is 0 Å². The molecule has 0 aliphatic carbocycles. The van der Waals surface area contributed by atoms with Crippen molar-refractivity contribution >= 4 is 25.8 Å². The number of hydrogen-bond acceptors (Lipinski definition) is 6. The van der Waals surface area contributed by atoms with E-state index in [1.165, 1.54) is 14.0 Å². The van der Waals surface area contributed by atoms with Crippen LogP contribution in [0.2, 0.25) is 0 Å². The third-order valence-electron chi connectivity index (χ3n) is 1.96. The third-order valence-corrected chi connectivity index (χ3v) is 4.65. The normalized spacial score (nSPS) is 14.2. The highest BCUT2D eigenvalue weighted by atomic mass is 32.2. The minimum Gasteiger partial charge on any atom is -0.469 e. The number of esters is 1. The zero-order valence-corrected chi connectivity index (χ0v) is 12.3. The van der Waals surface area contributed by atoms with Gasteiger partial charge in [-0.3, -0.25) is 4.79 Å². The van der Waals surface area contributed by atoms with Crippen molar-refractivity contribution in [2.45, 2.75) is 25.8 Å². The van der Waals surface area contributed by atoms with Crippen molar-refractivity contribution in [3.8, 4) is 0 Å². The molecule has 0 bridgehead atoms. The number of nitrogens with one attached hydrogen (secondary N) is 1. The van der Waals surface area contributed by atoms with Gasteiger partial charge in [0, 0.05) is 18.7 Å². The summed E-state index contributed by atoms with van der Waals surface area (Å²) in [6, 6.07) is -0.692. The van der Waals surface area contributed by atoms with E-state index in [0.29, 0.717) is 0 Å². The second-order valence-electron chi connectivity index (χ2n) is 4.11. The van der Waals surface area contributed by atoms with Crippen molar-refractivity contribution in [3.05, 3.63) is 0 Å². The van der Waals surface area contributed by atoms with Crippen LogP contribution in [-0.2, 0) is 29.4 Å². The van der Waals surface area contributed by atoms with Crippen LogP contribution < -0.4 is 4.72 Å². The summed E-state index contributed by atoms with van der Waals surface area (Å²) < 4.78 is 51.6. The van der Waals surface area contributed by atoms with Crippen LogP contribution in [0.15, 0.2) is 0 Å². The van der Waals surface area contributed by atoms with Crippen LogP contribution in [0.4, 0.5) is 0 Å². The molecule has 9 heteroatoms. The summed E-state index contributed by atoms with van der Waals surface area (Å²) in [4.78, 5) is 10.8. The molecule has 0 saturated heterocycles. The minimum absolute atomic E-state index is 0.0118. The Balaban J connectivity index is 4.19. The van der Waals surface area contributed by atoms with Gasteiger partial charge in [-0.25, -0.2) is 21.6 Å². The monoisotopic (exact) mass is 301 g/mol. The molecule has 7 nitrogen and oxygen atoms in total. The van der Waals surface area contributed by atoms with Gasteiger partial charge in [0.2, 0.25) is 10.0 Å². The maximum atomic E-state index is 11.5. The Kier molecular flexibility index (Phi) is 6.79. The third kappa shape index (κ3) is 9.37. The summed E-state index contributed by atoms with van der Waals surface area (Å²) in [5.41, 5.74) is 0. The fourth-order valence-electron chi connectivity index (χ4n) is 1.36. The van der Waals surface area contributed by atoms with E-state index in [1.54, 1.807) is 0 Å². The Labute approximate surface area is 108 Å². The van der Waals surface area contributed by atoms with E-state index in [0.717, 1.165) is 6.26 Å². The van der Waals surface area contributed by atoms with Crippen molar-refractivity contribution in [3.63, 3.8) is 0 Å². The molecule has 0 saturated carbocycles. The first-order valence-electron chi connectivity index (χ1n) is 5.30. The lowest BCUT2D eigenvalue weighted by molar-refractivity contribution is -0.140. The number of carbonyl (C=O) groups excluding carboxylic acids is 1. The quantitative estimate of drug-likeness (QED) is 0.594. The Morgan fingerprint density at radius 1 is 1.28 bits per heavy atom. The molecule has 0 fully saturated rings. The van der Waals surface area contributed by atoms with Crippen LogP contribution in [0.3, 0.4) is 0 Å². The summed E-state index contributed by atoms with van der Waals surface area (Å²) in [7, 11) is -5.59. The molecule has 1 N–H and O–H groups in total. The maximum Gasteiger partial charge on any atom is 0.305 e. The van der Waals surface area contributed by atoms with E-state index >= 15 is 0 Å². The molecule has 0 radical (unpaired) electrons. The average molecular weight is 301 g/mol. The summed E-state index contributed by atoms with van der Waals surface area (Å²) in [5, 5.41) is 0. The maximum absolute atomic E-state index is 11.5. The van der Waals surface area contributed by atoms with E-state index in [-0.39, 0.29) is 24.3 Å². The van der Waals surface area contributed by atoms with Crippen molar-refractivity contribution in [1.82, 2.24) is 4.72 Å². The summed E-state index contributed by atoms with van der Waals surface area (Å²) in [5.74, 6) is -0.978. The highest BCUT2D eigenvalue weighted by Crippen LogP contribution is 1.99. The van der Waals surface area contributed by atoms with E-state index < -0.39 is 31.9 Å². The molecule has 0 aliphatic heterocycles. The molecule has 0 aliphatic rings. The van der Waals surface area contributed by atoms with Crippen molar-refractivity contribution < 1.29 is 26.4 Å². The number of ether oxygens (including phenoxy) is 1. The lowest BCUT2D eigenvalue weighted by atomic mass is 10.3. The smallest absolute Gasteiger partial charge is 0.305 e. The van der Waals surface area contributed by atoms with E-state index in [9.17, 15) is 21.6 Å². The van der Waals surface area contributed by atoms with Gasteiger partial charge in [0.15, 0.2) is 0 Å². The zero-order chi connectivity index (χ0) is 14.4. The van der Waals surface area contributed by atoms with Crippen molar-refractivity contribution in [1.29, 1.82) is 0 Å². The number of sulfone groups is 1. The Bertz CT molecular complexity index is 467. The van der Waals surface area contributed by atoms with E-state index in [2.05, 4.69) is 9.46 Å². The fourth-order valence-corrected chi connectivity index (χ4v) is 3.80. The van der Waals surface area contributed by atoms with Crippen LogP contribution in [-0.4, -0.2) is 53.7 Å². The van der Waals surface area contributed by atoms with Crippen LogP contribution in [0.5, 0.6) is 0 Å². The molecule has 18 heavy (non-hydrogen) atoms. The summed E-state index contributed by atoms with van der Waals surface area (Å²) in [6.07, 6.45) is 1.18. The second kappa shape index (κ2) is 7.05. The molecular formula is C9H19NO6S2.